The molecule has 1 rings (SSSR count). The monoisotopic (exact) mass is 130 g/mol. The second-order valence-electron chi connectivity index (χ2n) is 2.83. The third kappa shape index (κ3) is 1.43. The molecule has 2 nitrogen and oxygen atoms in total. The van der Waals surface area contributed by atoms with E-state index in [0.717, 1.165) is 13.0 Å². The minimum absolute atomic E-state index is 0.0359. The van der Waals surface area contributed by atoms with Gasteiger partial charge in [-0.15, -0.1) is 0 Å². The van der Waals surface area contributed by atoms with Crippen LogP contribution in [0.25, 0.3) is 0 Å². The molecule has 1 N–H and O–H groups in total. The van der Waals surface area contributed by atoms with Gasteiger partial charge in [0.25, 0.3) is 0 Å². The smallest absolute Gasteiger partial charge is 0.0825 e. The molecule has 9 heavy (non-hydrogen) atoms. The van der Waals surface area contributed by atoms with E-state index in [9.17, 15) is 5.11 Å². The Morgan fingerprint density at radius 3 is 2.56 bits per heavy atom. The van der Waals surface area contributed by atoms with Gasteiger partial charge in [-0.3, -0.25) is 0 Å². The number of aliphatic hydroxyl groups is 1. The van der Waals surface area contributed by atoms with E-state index in [1.165, 1.54) is 0 Å². The van der Waals surface area contributed by atoms with Crippen LogP contribution in [0, 0.1) is 5.92 Å². The summed E-state index contributed by atoms with van der Waals surface area (Å²) >= 11 is 0. The van der Waals surface area contributed by atoms with E-state index in [4.69, 9.17) is 4.74 Å². The van der Waals surface area contributed by atoms with Crippen molar-refractivity contribution in [3.05, 3.63) is 0 Å². The number of hydrogen-bond acceptors (Lipinski definition) is 2. The summed E-state index contributed by atoms with van der Waals surface area (Å²) in [7, 11) is 0. The van der Waals surface area contributed by atoms with Crippen LogP contribution in [-0.4, -0.2) is 23.9 Å². The maximum absolute atomic E-state index is 9.32. The largest absolute Gasteiger partial charge is 0.390 e. The molecule has 0 bridgehead atoms. The summed E-state index contributed by atoms with van der Waals surface area (Å²) in [6, 6.07) is 0. The highest BCUT2D eigenvalue weighted by atomic mass is 16.5. The number of hydrogen-bond donors (Lipinski definition) is 1. The summed E-state index contributed by atoms with van der Waals surface area (Å²) in [5.41, 5.74) is 0. The fraction of sp³-hybridized carbons (Fsp3) is 1.00. The second kappa shape index (κ2) is 2.67. The van der Waals surface area contributed by atoms with Crippen LogP contribution in [0.5, 0.6) is 0 Å². The lowest BCUT2D eigenvalue weighted by molar-refractivity contribution is -0.0911. The Hall–Kier alpha value is -0.0800. The molecule has 1 saturated heterocycles. The van der Waals surface area contributed by atoms with E-state index in [1.54, 1.807) is 0 Å². The first kappa shape index (κ1) is 7.03. The zero-order chi connectivity index (χ0) is 6.85. The Kier molecular flexibility index (Phi) is 2.09. The summed E-state index contributed by atoms with van der Waals surface area (Å²) < 4.78 is 5.21. The van der Waals surface area contributed by atoms with E-state index in [-0.39, 0.29) is 12.2 Å². The molecule has 0 saturated carbocycles. The fourth-order valence-electron chi connectivity index (χ4n) is 1.17. The predicted octanol–water partition coefficient (Wildman–Crippen LogP) is 0.792. The Bertz CT molecular complexity index is 82.9. The summed E-state index contributed by atoms with van der Waals surface area (Å²) in [4.78, 5) is 0. The molecular formula is C7H14O2. The molecule has 0 amide bonds. The van der Waals surface area contributed by atoms with Crippen LogP contribution in [0.3, 0.4) is 0 Å². The number of ether oxygens (including phenoxy) is 1. The van der Waals surface area contributed by atoms with Gasteiger partial charge in [0, 0.05) is 6.61 Å². The van der Waals surface area contributed by atoms with E-state index in [1.807, 2.05) is 6.92 Å². The molecule has 1 fully saturated rings. The Morgan fingerprint density at radius 1 is 1.44 bits per heavy atom. The van der Waals surface area contributed by atoms with Crippen LogP contribution >= 0.6 is 0 Å². The summed E-state index contributed by atoms with van der Waals surface area (Å²) in [5, 5.41) is 9.32. The molecule has 1 aliphatic heterocycles. The quantitative estimate of drug-likeness (QED) is 0.525. The highest BCUT2D eigenvalue weighted by Gasteiger charge is 2.25. The SMILES string of the molecule is C[C@@H]1OCC[C@H](C)[C@H]1O. The lowest BCUT2D eigenvalue weighted by Gasteiger charge is -2.30. The summed E-state index contributed by atoms with van der Waals surface area (Å²) in [5.74, 6) is 0.411. The van der Waals surface area contributed by atoms with Crippen LogP contribution in [-0.2, 0) is 4.74 Å². The van der Waals surface area contributed by atoms with Crippen molar-refractivity contribution < 1.29 is 9.84 Å². The van der Waals surface area contributed by atoms with Gasteiger partial charge in [0.2, 0.25) is 0 Å². The minimum atomic E-state index is -0.251. The molecule has 1 aliphatic rings. The highest BCUT2D eigenvalue weighted by Crippen LogP contribution is 2.19. The molecular weight excluding hydrogens is 116 g/mol. The molecule has 54 valence electrons. The van der Waals surface area contributed by atoms with E-state index < -0.39 is 0 Å². The zero-order valence-electron chi connectivity index (χ0n) is 6.00. The molecule has 0 aromatic carbocycles. The topological polar surface area (TPSA) is 29.5 Å². The number of rotatable bonds is 0. The van der Waals surface area contributed by atoms with Crippen molar-refractivity contribution in [3.8, 4) is 0 Å². The molecule has 0 aromatic rings. The minimum Gasteiger partial charge on any atom is -0.390 e. The molecule has 0 radical (unpaired) electrons. The van der Waals surface area contributed by atoms with Crippen LogP contribution in [0.2, 0.25) is 0 Å². The lowest BCUT2D eigenvalue weighted by atomic mass is 9.95. The third-order valence-corrected chi connectivity index (χ3v) is 2.02. The maximum atomic E-state index is 9.32. The Morgan fingerprint density at radius 2 is 2.11 bits per heavy atom. The van der Waals surface area contributed by atoms with Crippen LogP contribution in [0.4, 0.5) is 0 Å². The van der Waals surface area contributed by atoms with Crippen molar-refractivity contribution in [1.82, 2.24) is 0 Å². The molecule has 2 heteroatoms. The molecule has 0 spiro atoms. The Balaban J connectivity index is 2.41. The van der Waals surface area contributed by atoms with Crippen molar-refractivity contribution in [1.29, 1.82) is 0 Å². The average molecular weight is 130 g/mol. The van der Waals surface area contributed by atoms with Crippen LogP contribution in [0.1, 0.15) is 20.3 Å². The van der Waals surface area contributed by atoms with Crippen molar-refractivity contribution in [2.24, 2.45) is 5.92 Å². The average Bonchev–Trinajstić information content (AvgIpc) is 1.83. The highest BCUT2D eigenvalue weighted by molar-refractivity contribution is 4.74. The normalized spacial score (nSPS) is 45.0. The standard InChI is InChI=1S/C7H14O2/c1-5-3-4-9-6(2)7(5)8/h5-8H,3-4H2,1-2H3/t5-,6-,7+/m0/s1. The first-order valence-corrected chi connectivity index (χ1v) is 3.51. The van der Waals surface area contributed by atoms with Crippen molar-refractivity contribution in [2.75, 3.05) is 6.61 Å². The molecule has 1 heterocycles. The van der Waals surface area contributed by atoms with Crippen molar-refractivity contribution >= 4 is 0 Å². The van der Waals surface area contributed by atoms with Gasteiger partial charge in [0.15, 0.2) is 0 Å². The zero-order valence-corrected chi connectivity index (χ0v) is 6.00. The van der Waals surface area contributed by atoms with Gasteiger partial charge in [0.1, 0.15) is 0 Å². The predicted molar refractivity (Wildman–Crippen MR) is 35.2 cm³/mol. The van der Waals surface area contributed by atoms with Gasteiger partial charge >= 0.3 is 0 Å². The molecule has 0 unspecified atom stereocenters. The fourth-order valence-corrected chi connectivity index (χ4v) is 1.17. The van der Waals surface area contributed by atoms with Gasteiger partial charge in [-0.2, -0.15) is 0 Å². The summed E-state index contributed by atoms with van der Waals surface area (Å²) in [6.45, 7) is 4.78. The molecule has 0 aliphatic carbocycles. The lowest BCUT2D eigenvalue weighted by Crippen LogP contribution is -2.37. The van der Waals surface area contributed by atoms with E-state index >= 15 is 0 Å². The van der Waals surface area contributed by atoms with Gasteiger partial charge in [-0.25, -0.2) is 0 Å². The van der Waals surface area contributed by atoms with Gasteiger partial charge in [-0.05, 0) is 19.3 Å². The van der Waals surface area contributed by atoms with E-state index in [2.05, 4.69) is 6.92 Å². The number of aliphatic hydroxyl groups excluding tert-OH is 1. The first-order valence-electron chi connectivity index (χ1n) is 3.51. The van der Waals surface area contributed by atoms with Crippen LogP contribution < -0.4 is 0 Å². The molecule has 0 aromatic heterocycles. The van der Waals surface area contributed by atoms with Crippen molar-refractivity contribution in [2.45, 2.75) is 32.5 Å². The van der Waals surface area contributed by atoms with E-state index in [0.29, 0.717) is 5.92 Å². The van der Waals surface area contributed by atoms with Gasteiger partial charge in [0.05, 0.1) is 12.2 Å². The molecule has 3 atom stereocenters. The third-order valence-electron chi connectivity index (χ3n) is 2.02. The van der Waals surface area contributed by atoms with Crippen molar-refractivity contribution in [3.63, 3.8) is 0 Å². The summed E-state index contributed by atoms with van der Waals surface area (Å²) in [6.07, 6.45) is 0.776. The van der Waals surface area contributed by atoms with Gasteiger partial charge in [-0.1, -0.05) is 6.92 Å². The maximum Gasteiger partial charge on any atom is 0.0825 e. The second-order valence-corrected chi connectivity index (χ2v) is 2.83. The van der Waals surface area contributed by atoms with Gasteiger partial charge < -0.3 is 9.84 Å². The van der Waals surface area contributed by atoms with Crippen LogP contribution in [0.15, 0.2) is 0 Å². The first-order chi connectivity index (χ1) is 4.22. The Labute approximate surface area is 55.8 Å².